The highest BCUT2D eigenvalue weighted by Gasteiger charge is 2.11. The maximum absolute atomic E-state index is 11.6. The smallest absolute Gasteiger partial charge is 0.232 e. The van der Waals surface area contributed by atoms with E-state index in [0.717, 1.165) is 33.7 Å². The van der Waals surface area contributed by atoms with Crippen LogP contribution in [0.1, 0.15) is 29.4 Å². The SMILES string of the molecule is Cc1onc(-c2ccccc2)c1/C=C/c1ccc(CNC(=O)C(C)S)cc1. The lowest BCUT2D eigenvalue weighted by Crippen LogP contribution is -2.29. The Labute approximate surface area is 164 Å². The molecule has 27 heavy (non-hydrogen) atoms. The van der Waals surface area contributed by atoms with E-state index in [0.29, 0.717) is 6.54 Å². The van der Waals surface area contributed by atoms with E-state index >= 15 is 0 Å². The second-order valence-corrected chi connectivity index (χ2v) is 7.11. The van der Waals surface area contributed by atoms with E-state index in [9.17, 15) is 4.79 Å². The Bertz CT molecular complexity index is 929. The van der Waals surface area contributed by atoms with Gasteiger partial charge in [0.25, 0.3) is 0 Å². The van der Waals surface area contributed by atoms with Gasteiger partial charge in [-0.1, -0.05) is 65.8 Å². The fourth-order valence-electron chi connectivity index (χ4n) is 2.64. The molecular weight excluding hydrogens is 356 g/mol. The molecular formula is C22H22N2O2S. The lowest BCUT2D eigenvalue weighted by molar-refractivity contribution is -0.120. The lowest BCUT2D eigenvalue weighted by atomic mass is 10.0. The van der Waals surface area contributed by atoms with E-state index in [2.05, 4.69) is 23.1 Å². The van der Waals surface area contributed by atoms with Crippen LogP contribution in [0, 0.1) is 6.92 Å². The summed E-state index contributed by atoms with van der Waals surface area (Å²) in [5.74, 6) is 0.712. The zero-order chi connectivity index (χ0) is 19.2. The van der Waals surface area contributed by atoms with Gasteiger partial charge in [0, 0.05) is 17.7 Å². The van der Waals surface area contributed by atoms with Crippen molar-refractivity contribution in [3.8, 4) is 11.3 Å². The number of aromatic nitrogens is 1. The minimum absolute atomic E-state index is 0.0707. The lowest BCUT2D eigenvalue weighted by Gasteiger charge is -2.07. The van der Waals surface area contributed by atoms with E-state index in [1.807, 2.05) is 73.7 Å². The van der Waals surface area contributed by atoms with Gasteiger partial charge < -0.3 is 9.84 Å². The highest BCUT2D eigenvalue weighted by molar-refractivity contribution is 7.81. The maximum atomic E-state index is 11.6. The average molecular weight is 378 g/mol. The average Bonchev–Trinajstić information content (AvgIpc) is 3.06. The van der Waals surface area contributed by atoms with E-state index in [4.69, 9.17) is 4.52 Å². The van der Waals surface area contributed by atoms with Crippen molar-refractivity contribution in [3.05, 3.63) is 77.0 Å². The van der Waals surface area contributed by atoms with Gasteiger partial charge in [0.1, 0.15) is 11.5 Å². The maximum Gasteiger partial charge on any atom is 0.232 e. The minimum Gasteiger partial charge on any atom is -0.360 e. The Morgan fingerprint density at radius 1 is 1.15 bits per heavy atom. The van der Waals surface area contributed by atoms with Crippen LogP contribution in [0.4, 0.5) is 0 Å². The van der Waals surface area contributed by atoms with Gasteiger partial charge in [-0.15, -0.1) is 0 Å². The summed E-state index contributed by atoms with van der Waals surface area (Å²) in [5.41, 5.74) is 4.94. The van der Waals surface area contributed by atoms with Crippen LogP contribution >= 0.6 is 12.6 Å². The first-order chi connectivity index (χ1) is 13.0. The topological polar surface area (TPSA) is 55.1 Å². The summed E-state index contributed by atoms with van der Waals surface area (Å²) in [6, 6.07) is 18.0. The summed E-state index contributed by atoms with van der Waals surface area (Å²) in [6.45, 7) is 4.16. The second-order valence-electron chi connectivity index (χ2n) is 6.34. The summed E-state index contributed by atoms with van der Waals surface area (Å²) < 4.78 is 5.38. The van der Waals surface area contributed by atoms with Gasteiger partial charge in [0.05, 0.1) is 5.25 Å². The van der Waals surface area contributed by atoms with Gasteiger partial charge in [0.15, 0.2) is 0 Å². The van der Waals surface area contributed by atoms with E-state index in [1.54, 1.807) is 6.92 Å². The number of aryl methyl sites for hydroxylation is 1. The molecule has 1 aromatic heterocycles. The summed E-state index contributed by atoms with van der Waals surface area (Å²) in [6.07, 6.45) is 4.05. The Morgan fingerprint density at radius 3 is 2.52 bits per heavy atom. The molecule has 0 saturated carbocycles. The summed E-state index contributed by atoms with van der Waals surface area (Å²) in [5, 5.41) is 6.74. The van der Waals surface area contributed by atoms with Crippen LogP contribution in [-0.4, -0.2) is 16.3 Å². The summed E-state index contributed by atoms with van der Waals surface area (Å²) in [4.78, 5) is 11.6. The Balaban J connectivity index is 1.72. The van der Waals surface area contributed by atoms with Gasteiger partial charge in [-0.25, -0.2) is 0 Å². The third-order valence-corrected chi connectivity index (χ3v) is 4.46. The third-order valence-electron chi connectivity index (χ3n) is 4.22. The molecule has 0 aliphatic heterocycles. The standard InChI is InChI=1S/C22H22N2O2S/c1-15-20(21(24-26-15)19-6-4-3-5-7-19)13-12-17-8-10-18(11-9-17)14-23-22(25)16(2)27/h3-13,16,27H,14H2,1-2H3,(H,23,25)/b13-12+. The van der Waals surface area contributed by atoms with Crippen LogP contribution < -0.4 is 5.32 Å². The van der Waals surface area contributed by atoms with Crippen LogP contribution in [0.2, 0.25) is 0 Å². The van der Waals surface area contributed by atoms with Gasteiger partial charge in [0.2, 0.25) is 5.91 Å². The van der Waals surface area contributed by atoms with Gasteiger partial charge in [-0.3, -0.25) is 4.79 Å². The van der Waals surface area contributed by atoms with Gasteiger partial charge in [-0.05, 0) is 31.1 Å². The number of carbonyl (C=O) groups is 1. The molecule has 1 unspecified atom stereocenters. The number of nitrogens with zero attached hydrogens (tertiary/aromatic N) is 1. The zero-order valence-electron chi connectivity index (χ0n) is 15.3. The molecule has 0 bridgehead atoms. The number of thiol groups is 1. The van der Waals surface area contributed by atoms with Gasteiger partial charge >= 0.3 is 0 Å². The molecule has 3 rings (SSSR count). The predicted molar refractivity (Wildman–Crippen MR) is 112 cm³/mol. The van der Waals surface area contributed by atoms with Crippen LogP contribution in [-0.2, 0) is 11.3 Å². The number of amides is 1. The highest BCUT2D eigenvalue weighted by atomic mass is 32.1. The fourth-order valence-corrected chi connectivity index (χ4v) is 2.73. The fraction of sp³-hybridized carbons (Fsp3) is 0.182. The van der Waals surface area contributed by atoms with Crippen LogP contribution in [0.5, 0.6) is 0 Å². The summed E-state index contributed by atoms with van der Waals surface area (Å²) >= 11 is 4.12. The molecule has 4 nitrogen and oxygen atoms in total. The summed E-state index contributed by atoms with van der Waals surface area (Å²) in [7, 11) is 0. The first-order valence-corrected chi connectivity index (χ1v) is 9.30. The van der Waals surface area contributed by atoms with Crippen molar-refractivity contribution in [1.82, 2.24) is 10.5 Å². The molecule has 0 spiro atoms. The molecule has 2 aromatic carbocycles. The van der Waals surface area contributed by atoms with Crippen molar-refractivity contribution in [3.63, 3.8) is 0 Å². The monoisotopic (exact) mass is 378 g/mol. The number of hydrogen-bond donors (Lipinski definition) is 2. The van der Waals surface area contributed by atoms with Crippen molar-refractivity contribution in [1.29, 1.82) is 0 Å². The van der Waals surface area contributed by atoms with Gasteiger partial charge in [-0.2, -0.15) is 12.6 Å². The zero-order valence-corrected chi connectivity index (χ0v) is 16.2. The van der Waals surface area contributed by atoms with Crippen LogP contribution in [0.3, 0.4) is 0 Å². The van der Waals surface area contributed by atoms with Crippen molar-refractivity contribution in [2.45, 2.75) is 25.6 Å². The Morgan fingerprint density at radius 2 is 1.85 bits per heavy atom. The normalized spacial score (nSPS) is 12.3. The van der Waals surface area contributed by atoms with E-state index in [-0.39, 0.29) is 11.2 Å². The predicted octanol–water partition coefficient (Wildman–Crippen LogP) is 4.75. The molecule has 138 valence electrons. The molecule has 0 fully saturated rings. The highest BCUT2D eigenvalue weighted by Crippen LogP contribution is 2.26. The van der Waals surface area contributed by atoms with Crippen molar-refractivity contribution >= 4 is 30.7 Å². The number of rotatable bonds is 6. The molecule has 0 aliphatic carbocycles. The van der Waals surface area contributed by atoms with E-state index in [1.165, 1.54) is 0 Å². The second kappa shape index (κ2) is 8.73. The molecule has 1 N–H and O–H groups in total. The van der Waals surface area contributed by atoms with Crippen LogP contribution in [0.15, 0.2) is 59.1 Å². The quantitative estimate of drug-likeness (QED) is 0.608. The molecule has 0 saturated heterocycles. The number of hydrogen-bond acceptors (Lipinski definition) is 4. The molecule has 5 heteroatoms. The molecule has 3 aromatic rings. The van der Waals surface area contributed by atoms with Crippen molar-refractivity contribution < 1.29 is 9.32 Å². The Kier molecular flexibility index (Phi) is 6.14. The first kappa shape index (κ1) is 19.0. The number of carbonyl (C=O) groups excluding carboxylic acids is 1. The number of nitrogens with one attached hydrogen (secondary N) is 1. The molecule has 1 atom stereocenters. The first-order valence-electron chi connectivity index (χ1n) is 8.79. The van der Waals surface area contributed by atoms with Crippen molar-refractivity contribution in [2.24, 2.45) is 0 Å². The molecule has 0 aliphatic rings. The number of benzene rings is 2. The van der Waals surface area contributed by atoms with E-state index < -0.39 is 0 Å². The largest absolute Gasteiger partial charge is 0.360 e. The third kappa shape index (κ3) is 4.89. The molecule has 0 radical (unpaired) electrons. The van der Waals surface area contributed by atoms with Crippen molar-refractivity contribution in [2.75, 3.05) is 0 Å². The minimum atomic E-state index is -0.308. The molecule has 1 amide bonds. The Hall–Kier alpha value is -2.79. The van der Waals surface area contributed by atoms with Crippen LogP contribution in [0.25, 0.3) is 23.4 Å². The molecule has 1 heterocycles.